The molecule has 0 saturated heterocycles. The van der Waals surface area contributed by atoms with Crippen molar-refractivity contribution in [2.45, 2.75) is 19.8 Å². The molecule has 0 spiro atoms. The van der Waals surface area contributed by atoms with Gasteiger partial charge in [0.15, 0.2) is 5.65 Å². The van der Waals surface area contributed by atoms with Crippen LogP contribution < -0.4 is 5.73 Å². The summed E-state index contributed by atoms with van der Waals surface area (Å²) < 4.78 is 0. The molecule has 0 atom stereocenters. The normalized spacial score (nSPS) is 9.57. The first-order valence-electron chi connectivity index (χ1n) is 4.82. The summed E-state index contributed by atoms with van der Waals surface area (Å²) in [7, 11) is 0. The van der Waals surface area contributed by atoms with E-state index < -0.39 is 0 Å². The van der Waals surface area contributed by atoms with Crippen LogP contribution in [0.25, 0.3) is 11.2 Å². The summed E-state index contributed by atoms with van der Waals surface area (Å²) in [6, 6.07) is 3.82. The van der Waals surface area contributed by atoms with E-state index in [1.54, 1.807) is 12.5 Å². The van der Waals surface area contributed by atoms with Crippen LogP contribution in [0.1, 0.15) is 19.8 Å². The molecule has 0 aliphatic carbocycles. The lowest BCUT2D eigenvalue weighted by atomic mass is 10.3. The van der Waals surface area contributed by atoms with Crippen LogP contribution in [0.5, 0.6) is 0 Å². The average Bonchev–Trinajstić information content (AvgIpc) is 2.67. The molecule has 0 amide bonds. The molecule has 3 N–H and O–H groups in total. The molecule has 14 heavy (non-hydrogen) atoms. The molecule has 0 saturated carbocycles. The van der Waals surface area contributed by atoms with Gasteiger partial charge in [0.2, 0.25) is 0 Å². The molecule has 2 heterocycles. The Balaban J connectivity index is 0.000000171. The van der Waals surface area contributed by atoms with Gasteiger partial charge in [-0.3, -0.25) is 0 Å². The first-order chi connectivity index (χ1) is 6.88. The lowest BCUT2D eigenvalue weighted by molar-refractivity contribution is 0.807. The number of unbranched alkanes of at least 4 members (excludes halogenated alkanes) is 1. The lowest BCUT2D eigenvalue weighted by Crippen LogP contribution is -1.95. The van der Waals surface area contributed by atoms with Gasteiger partial charge in [-0.05, 0) is 25.1 Å². The summed E-state index contributed by atoms with van der Waals surface area (Å²) in [5.41, 5.74) is 6.90. The first kappa shape index (κ1) is 10.7. The zero-order valence-electron chi connectivity index (χ0n) is 8.40. The molecule has 4 nitrogen and oxygen atoms in total. The zero-order valence-corrected chi connectivity index (χ0v) is 8.40. The van der Waals surface area contributed by atoms with Crippen LogP contribution in [0, 0.1) is 0 Å². The third-order valence-corrected chi connectivity index (χ3v) is 1.75. The van der Waals surface area contributed by atoms with E-state index >= 15 is 0 Å². The van der Waals surface area contributed by atoms with Crippen LogP contribution >= 0.6 is 0 Å². The third-order valence-electron chi connectivity index (χ3n) is 1.75. The number of hydrogen-bond acceptors (Lipinski definition) is 3. The minimum atomic E-state index is 0.775. The van der Waals surface area contributed by atoms with Crippen molar-refractivity contribution in [1.29, 1.82) is 0 Å². The van der Waals surface area contributed by atoms with Gasteiger partial charge in [0.05, 0.1) is 11.8 Å². The first-order valence-corrected chi connectivity index (χ1v) is 4.82. The number of nitrogens with two attached hydrogens (primary N) is 1. The summed E-state index contributed by atoms with van der Waals surface area (Å²) in [6.45, 7) is 2.98. The standard InChI is InChI=1S/C6H5N3.C4H11N/c1-2-5-6(7-3-1)9-4-8-5;1-2-3-4-5/h1-4H,(H,7,8,9);2-5H2,1H3. The number of hydrogen-bond donors (Lipinski definition) is 2. The van der Waals surface area contributed by atoms with E-state index in [0.717, 1.165) is 17.7 Å². The maximum atomic E-state index is 5.14. The van der Waals surface area contributed by atoms with E-state index in [9.17, 15) is 0 Å². The number of aromatic amines is 1. The van der Waals surface area contributed by atoms with Crippen LogP contribution in [0.4, 0.5) is 0 Å². The van der Waals surface area contributed by atoms with E-state index in [0.29, 0.717) is 0 Å². The molecule has 0 bridgehead atoms. The molecule has 2 rings (SSSR count). The van der Waals surface area contributed by atoms with Crippen molar-refractivity contribution < 1.29 is 0 Å². The van der Waals surface area contributed by atoms with Gasteiger partial charge in [-0.15, -0.1) is 0 Å². The SMILES string of the molecule is CCCCN.c1cnc2nc[nH]c2c1. The van der Waals surface area contributed by atoms with Crippen molar-refractivity contribution in [2.75, 3.05) is 6.54 Å². The molecule has 0 aliphatic heterocycles. The van der Waals surface area contributed by atoms with E-state index in [4.69, 9.17) is 5.73 Å². The Labute approximate surface area is 83.6 Å². The second-order valence-electron chi connectivity index (χ2n) is 2.92. The molecule has 2 aromatic heterocycles. The van der Waals surface area contributed by atoms with Gasteiger partial charge in [0.25, 0.3) is 0 Å². The van der Waals surface area contributed by atoms with Crippen LogP contribution in [-0.2, 0) is 0 Å². The quantitative estimate of drug-likeness (QED) is 0.761. The fourth-order valence-electron chi connectivity index (χ4n) is 0.980. The van der Waals surface area contributed by atoms with Gasteiger partial charge in [0.1, 0.15) is 0 Å². The molecule has 0 radical (unpaired) electrons. The Morgan fingerprint density at radius 1 is 1.43 bits per heavy atom. The third kappa shape index (κ3) is 3.14. The van der Waals surface area contributed by atoms with Gasteiger partial charge in [-0.1, -0.05) is 13.3 Å². The highest BCUT2D eigenvalue weighted by atomic mass is 14.9. The van der Waals surface area contributed by atoms with E-state index in [1.807, 2.05) is 12.1 Å². The van der Waals surface area contributed by atoms with Crippen LogP contribution in [-0.4, -0.2) is 21.5 Å². The predicted molar refractivity (Wildman–Crippen MR) is 57.9 cm³/mol. The predicted octanol–water partition coefficient (Wildman–Crippen LogP) is 1.70. The average molecular weight is 192 g/mol. The molecule has 4 heteroatoms. The summed E-state index contributed by atoms with van der Waals surface area (Å²) in [6.07, 6.45) is 5.75. The zero-order chi connectivity index (χ0) is 10.2. The van der Waals surface area contributed by atoms with Gasteiger partial charge in [-0.25, -0.2) is 9.97 Å². The fourth-order valence-corrected chi connectivity index (χ4v) is 0.980. The van der Waals surface area contributed by atoms with Crippen molar-refractivity contribution in [3.8, 4) is 0 Å². The Morgan fingerprint density at radius 3 is 2.86 bits per heavy atom. The van der Waals surface area contributed by atoms with Crippen LogP contribution in [0.15, 0.2) is 24.7 Å². The monoisotopic (exact) mass is 192 g/mol. The lowest BCUT2D eigenvalue weighted by Gasteiger charge is -1.80. The molecule has 0 unspecified atom stereocenters. The summed E-state index contributed by atoms with van der Waals surface area (Å²) in [5, 5.41) is 0. The number of nitrogens with one attached hydrogen (secondary N) is 1. The largest absolute Gasteiger partial charge is 0.343 e. The van der Waals surface area contributed by atoms with E-state index in [2.05, 4.69) is 21.9 Å². The highest BCUT2D eigenvalue weighted by molar-refractivity contribution is 5.68. The van der Waals surface area contributed by atoms with Gasteiger partial charge >= 0.3 is 0 Å². The van der Waals surface area contributed by atoms with Crippen molar-refractivity contribution in [1.82, 2.24) is 15.0 Å². The highest BCUT2D eigenvalue weighted by Gasteiger charge is 1.90. The van der Waals surface area contributed by atoms with Gasteiger partial charge in [0, 0.05) is 6.20 Å². The molecular weight excluding hydrogens is 176 g/mol. The maximum absolute atomic E-state index is 5.14. The van der Waals surface area contributed by atoms with Crippen LogP contribution in [0.2, 0.25) is 0 Å². The van der Waals surface area contributed by atoms with Crippen molar-refractivity contribution >= 4 is 11.2 Å². The Bertz CT molecular complexity index is 323. The number of imidazole rings is 1. The van der Waals surface area contributed by atoms with Crippen molar-refractivity contribution in [3.05, 3.63) is 24.7 Å². The Kier molecular flexibility index (Phi) is 4.64. The van der Waals surface area contributed by atoms with Crippen molar-refractivity contribution in [3.63, 3.8) is 0 Å². The fraction of sp³-hybridized carbons (Fsp3) is 0.400. The number of fused-ring (bicyclic) bond motifs is 1. The second-order valence-corrected chi connectivity index (χ2v) is 2.92. The summed E-state index contributed by atoms with van der Waals surface area (Å²) >= 11 is 0. The smallest absolute Gasteiger partial charge is 0.177 e. The van der Waals surface area contributed by atoms with Crippen molar-refractivity contribution in [2.24, 2.45) is 5.73 Å². The number of aromatic nitrogens is 3. The van der Waals surface area contributed by atoms with Crippen LogP contribution in [0.3, 0.4) is 0 Å². The number of H-pyrrole nitrogens is 1. The minimum absolute atomic E-state index is 0.775. The molecule has 76 valence electrons. The molecule has 2 aromatic rings. The van der Waals surface area contributed by atoms with Gasteiger partial charge < -0.3 is 10.7 Å². The molecule has 0 fully saturated rings. The van der Waals surface area contributed by atoms with Gasteiger partial charge in [-0.2, -0.15) is 0 Å². The minimum Gasteiger partial charge on any atom is -0.343 e. The van der Waals surface area contributed by atoms with E-state index in [1.165, 1.54) is 12.8 Å². The number of nitrogens with zero attached hydrogens (tertiary/aromatic N) is 2. The molecular formula is C10H16N4. The number of pyridine rings is 1. The molecule has 0 aromatic carbocycles. The highest BCUT2D eigenvalue weighted by Crippen LogP contribution is 2.01. The topological polar surface area (TPSA) is 67.6 Å². The maximum Gasteiger partial charge on any atom is 0.177 e. The summed E-state index contributed by atoms with van der Waals surface area (Å²) in [5.74, 6) is 0. The Morgan fingerprint density at radius 2 is 2.29 bits per heavy atom. The van der Waals surface area contributed by atoms with E-state index in [-0.39, 0.29) is 0 Å². The Hall–Kier alpha value is -1.42. The molecule has 0 aliphatic rings. The number of rotatable bonds is 2. The second kappa shape index (κ2) is 6.10. The summed E-state index contributed by atoms with van der Waals surface area (Å²) in [4.78, 5) is 10.9.